The van der Waals surface area contributed by atoms with E-state index in [1.54, 1.807) is 73.8 Å². The van der Waals surface area contributed by atoms with Gasteiger partial charge in [-0.2, -0.15) is 0 Å². The molecule has 0 amide bonds. The van der Waals surface area contributed by atoms with Crippen molar-refractivity contribution in [2.45, 2.75) is 173 Å². The number of H-pyrrole nitrogens is 6. The van der Waals surface area contributed by atoms with E-state index < -0.39 is 0 Å². The van der Waals surface area contributed by atoms with Crippen molar-refractivity contribution in [2.75, 3.05) is 0 Å². The Balaban J connectivity index is 0.000000147. The molecular weight excluding hydrogens is 1450 g/mol. The fourth-order valence-corrected chi connectivity index (χ4v) is 14.6. The summed E-state index contributed by atoms with van der Waals surface area (Å²) >= 11 is 12.0. The zero-order valence-corrected chi connectivity index (χ0v) is 69.0. The summed E-state index contributed by atoms with van der Waals surface area (Å²) in [4.78, 5) is 19.0. The van der Waals surface area contributed by atoms with Gasteiger partial charge in [-0.05, 0) is 266 Å². The number of halogens is 8. The van der Waals surface area contributed by atoms with Crippen LogP contribution >= 0.6 is 23.2 Å². The van der Waals surface area contributed by atoms with Gasteiger partial charge in [0.15, 0.2) is 0 Å². The van der Waals surface area contributed by atoms with Crippen LogP contribution < -0.4 is 0 Å². The average Bonchev–Trinajstić information content (AvgIpc) is 1.66. The van der Waals surface area contributed by atoms with E-state index in [9.17, 15) is 26.3 Å². The van der Waals surface area contributed by atoms with Crippen molar-refractivity contribution in [3.63, 3.8) is 0 Å². The van der Waals surface area contributed by atoms with E-state index >= 15 is 0 Å². The maximum atomic E-state index is 13.1. The maximum absolute atomic E-state index is 13.1. The molecule has 6 N–H and O–H groups in total. The van der Waals surface area contributed by atoms with Gasteiger partial charge in [0.25, 0.3) is 0 Å². The highest BCUT2D eigenvalue weighted by molar-refractivity contribution is 6.31. The van der Waals surface area contributed by atoms with Crippen LogP contribution in [0.15, 0.2) is 189 Å². The minimum atomic E-state index is -0.230. The zero-order valence-electron chi connectivity index (χ0n) is 67.5. The van der Waals surface area contributed by atoms with Crippen LogP contribution in [0, 0.1) is 65.0 Å². The van der Waals surface area contributed by atoms with Crippen LogP contribution in [0.5, 0.6) is 0 Å². The monoisotopic (exact) mass is 1560 g/mol. The molecule has 16 aromatic rings. The Morgan fingerprint density at radius 2 is 0.812 bits per heavy atom. The van der Waals surface area contributed by atoms with Gasteiger partial charge in [-0.15, -0.1) is 5.92 Å². The summed E-state index contributed by atoms with van der Waals surface area (Å²) in [7, 11) is 4.08. The first-order chi connectivity index (χ1) is 53.6. The van der Waals surface area contributed by atoms with Gasteiger partial charge in [0, 0.05) is 167 Å². The Morgan fingerprint density at radius 3 is 1.32 bits per heavy atom. The number of aryl methyl sites for hydroxylation is 7. The van der Waals surface area contributed by atoms with E-state index in [1.165, 1.54) is 128 Å². The van der Waals surface area contributed by atoms with Crippen molar-refractivity contribution < 1.29 is 26.3 Å². The molecule has 0 bridgehead atoms. The first-order valence-corrected chi connectivity index (χ1v) is 39.8. The van der Waals surface area contributed by atoms with Gasteiger partial charge in [-0.25, -0.2) is 26.3 Å². The molecule has 0 radical (unpaired) electrons. The highest BCUT2D eigenvalue weighted by Gasteiger charge is 2.17. The van der Waals surface area contributed by atoms with Gasteiger partial charge in [-0.1, -0.05) is 131 Å². The van der Waals surface area contributed by atoms with E-state index in [1.807, 2.05) is 56.1 Å². The summed E-state index contributed by atoms with van der Waals surface area (Å²) in [6.45, 7) is 27.7. The summed E-state index contributed by atoms with van der Waals surface area (Å²) in [5, 5.41) is 10.2. The molecular formula is C96H108Cl2F6N8. The van der Waals surface area contributed by atoms with Crippen LogP contribution in [0.4, 0.5) is 26.3 Å². The first kappa shape index (κ1) is 85.8. The van der Waals surface area contributed by atoms with Crippen LogP contribution in [-0.4, -0.2) is 39.0 Å². The number of fused-ring (bicyclic) bond motifs is 8. The molecule has 0 aliphatic rings. The Bertz CT molecular complexity index is 5700. The van der Waals surface area contributed by atoms with Crippen molar-refractivity contribution >= 4 is 110 Å². The molecule has 112 heavy (non-hydrogen) atoms. The van der Waals surface area contributed by atoms with Crippen LogP contribution in [0.2, 0.25) is 10.0 Å². The third-order valence-corrected chi connectivity index (χ3v) is 20.2. The molecule has 8 nitrogen and oxygen atoms in total. The number of hydrogen-bond donors (Lipinski definition) is 6. The Hall–Kier alpha value is -10.2. The minimum absolute atomic E-state index is 0.152. The second-order valence-corrected chi connectivity index (χ2v) is 31.4. The molecule has 0 fully saturated rings. The van der Waals surface area contributed by atoms with Crippen molar-refractivity contribution in [1.29, 1.82) is 0 Å². The zero-order chi connectivity index (χ0) is 80.9. The second-order valence-electron chi connectivity index (χ2n) is 30.5. The van der Waals surface area contributed by atoms with Crippen molar-refractivity contribution in [3.8, 4) is 11.8 Å². The average molecular weight is 1560 g/mol. The lowest BCUT2D eigenvalue weighted by Gasteiger charge is -2.17. The molecule has 0 saturated heterocycles. The molecule has 588 valence electrons. The maximum Gasteiger partial charge on any atom is 0.124 e. The summed E-state index contributed by atoms with van der Waals surface area (Å²) in [6.07, 6.45) is 29.2. The summed E-state index contributed by atoms with van der Waals surface area (Å²) in [5.74, 6) is 5.73. The van der Waals surface area contributed by atoms with Gasteiger partial charge in [0.1, 0.15) is 34.9 Å². The molecule has 1 unspecified atom stereocenters. The molecule has 8 heterocycles. The number of unbranched alkanes of at least 4 members (excludes halogenated alkanes) is 1. The quantitative estimate of drug-likeness (QED) is 0.0461. The number of aromatic nitrogens is 8. The number of nitrogens with one attached hydrogen (secondary N) is 6. The highest BCUT2D eigenvalue weighted by Crippen LogP contribution is 2.32. The molecule has 16 heteroatoms. The molecule has 0 saturated carbocycles. The lowest BCUT2D eigenvalue weighted by atomic mass is 9.88. The van der Waals surface area contributed by atoms with E-state index in [-0.39, 0.29) is 40.3 Å². The first-order valence-electron chi connectivity index (χ1n) is 39.1. The van der Waals surface area contributed by atoms with E-state index in [4.69, 9.17) is 23.2 Å². The lowest BCUT2D eigenvalue weighted by molar-refractivity contribution is 0.412. The topological polar surface area (TPSA) is 105 Å². The van der Waals surface area contributed by atoms with Gasteiger partial charge in [0.05, 0.1) is 0 Å². The number of benzene rings is 8. The summed E-state index contributed by atoms with van der Waals surface area (Å²) in [5.41, 5.74) is 19.7. The molecule has 8 aromatic heterocycles. The van der Waals surface area contributed by atoms with Gasteiger partial charge < -0.3 is 39.0 Å². The molecule has 1 atom stereocenters. The van der Waals surface area contributed by atoms with Gasteiger partial charge in [0.2, 0.25) is 0 Å². The van der Waals surface area contributed by atoms with Crippen molar-refractivity contribution in [1.82, 2.24) is 39.0 Å². The van der Waals surface area contributed by atoms with Crippen LogP contribution in [0.3, 0.4) is 0 Å². The van der Waals surface area contributed by atoms with Crippen LogP contribution in [0.1, 0.15) is 178 Å². The molecule has 16 rings (SSSR count). The minimum Gasteiger partial charge on any atom is -0.361 e. The number of nitrogens with zero attached hydrogens (tertiary/aromatic N) is 2. The van der Waals surface area contributed by atoms with E-state index in [0.29, 0.717) is 11.8 Å². The van der Waals surface area contributed by atoms with Crippen LogP contribution in [0.25, 0.3) is 87.2 Å². The third kappa shape index (κ3) is 23.0. The Labute approximate surface area is 666 Å². The number of aromatic amines is 6. The normalized spacial score (nSPS) is 11.4. The SMILES string of the molecule is CC#Cc1c[nH]c2ccc(F)cc12.CC(C)(C)Cc1c[nH]c2ccc(F)cc12.CC(C)Cc1c[nH]c2ccc(F)cc12.CCC(C)c1c[nH]c2ccc(F)cc12.CCCCc1c[nH]c2ccc(F)cc12.CCCc1c[nH]c2c(C)cc(Cl)cc12.CCCc1cn(C)c2ccc(Cl)cc12.CCCc1cn(C)c2ccc(F)cc12. The predicted molar refractivity (Wildman–Crippen MR) is 464 cm³/mol. The van der Waals surface area contributed by atoms with Gasteiger partial charge >= 0.3 is 0 Å². The fourth-order valence-electron chi connectivity index (χ4n) is 14.2. The lowest BCUT2D eigenvalue weighted by Crippen LogP contribution is -2.08. The number of hydrogen-bond acceptors (Lipinski definition) is 0. The summed E-state index contributed by atoms with van der Waals surface area (Å²) < 4.78 is 82.3. The molecule has 0 spiro atoms. The van der Waals surface area contributed by atoms with E-state index in [2.05, 4.69) is 172 Å². The molecule has 8 aromatic carbocycles. The smallest absolute Gasteiger partial charge is 0.124 e. The van der Waals surface area contributed by atoms with Crippen LogP contribution in [-0.2, 0) is 52.6 Å². The fraction of sp³-hybridized carbons (Fsp3) is 0.312. The Morgan fingerprint density at radius 1 is 0.411 bits per heavy atom. The Kier molecular flexibility index (Phi) is 30.9. The third-order valence-electron chi connectivity index (χ3n) is 19.7. The molecule has 0 aliphatic heterocycles. The molecule has 0 aliphatic carbocycles. The van der Waals surface area contributed by atoms with Crippen molar-refractivity contribution in [2.24, 2.45) is 25.4 Å². The predicted octanol–water partition coefficient (Wildman–Crippen LogP) is 28.7. The van der Waals surface area contributed by atoms with Crippen molar-refractivity contribution in [3.05, 3.63) is 284 Å². The standard InChI is InChI=1S/C13H16FN.2C12H14ClN.4C12H14FN.C11H8FN/c1-13(2,3)7-9-8-15-12-5-4-10(14)6-11(9)12;1-3-4-9-7-14-12-8(2)5-10(13)6-11(9)12;1-3-4-9-8-14(2)12-6-5-10(13)7-11(9)12;1-8(2)5-9-7-14-12-4-3-10(13)6-11(9)12;1-3-8(2)11-7-14-12-5-4-9(13)6-10(11)12;1-3-4-9-8-14(2)12-6-5-10(13)7-11(9)12;1-2-3-4-9-8-14-12-6-5-10(13)7-11(9)12;1-2-3-8-7-13-11-5-4-9(12)6-10(8)11/h4-6,8,15H,7H2,1-3H3;5-7,14H,3-4H2,1-2H3;5-8H,3-4H2,1-2H3;3-4,6-8,14H,5H2,1-2H3;4-8,14H,3H2,1-2H3;5-8H,3-4H2,1-2H3;5-8,14H,2-4H2,1H3;4-7,13H,1H3. The highest BCUT2D eigenvalue weighted by atomic mass is 35.5. The second kappa shape index (κ2) is 40.3. The largest absolute Gasteiger partial charge is 0.361 e. The van der Waals surface area contributed by atoms with Gasteiger partial charge in [-0.3, -0.25) is 0 Å². The number of rotatable bonds is 14. The van der Waals surface area contributed by atoms with E-state index in [0.717, 1.165) is 139 Å². The summed E-state index contributed by atoms with van der Waals surface area (Å²) in [6, 6.07) is 39.3.